The fourth-order valence-electron chi connectivity index (χ4n) is 1.75. The Balaban J connectivity index is 2.81. The highest BCUT2D eigenvalue weighted by Gasteiger charge is 2.11. The first-order valence-corrected chi connectivity index (χ1v) is 6.12. The molecule has 19 heavy (non-hydrogen) atoms. The quantitative estimate of drug-likeness (QED) is 0.693. The number of halogens is 1. The number of benzene rings is 1. The lowest BCUT2D eigenvalue weighted by atomic mass is 9.98. The molecule has 3 nitrogen and oxygen atoms in total. The maximum absolute atomic E-state index is 12.9. The van der Waals surface area contributed by atoms with Crippen LogP contribution in [0.3, 0.4) is 0 Å². The maximum atomic E-state index is 12.9. The molecule has 0 aliphatic carbocycles. The van der Waals surface area contributed by atoms with Gasteiger partial charge in [-0.1, -0.05) is 30.4 Å². The predicted molar refractivity (Wildman–Crippen MR) is 71.9 cm³/mol. The fraction of sp³-hybridized carbons (Fsp3) is 0.333. The number of aliphatic hydroxyl groups is 3. The molecule has 0 aliphatic heterocycles. The molecular formula is C15H19FO3. The summed E-state index contributed by atoms with van der Waals surface area (Å²) in [6.45, 7) is 1.26. The highest BCUT2D eigenvalue weighted by Crippen LogP contribution is 2.23. The average molecular weight is 266 g/mol. The Morgan fingerprint density at radius 2 is 2.05 bits per heavy atom. The molecule has 0 amide bonds. The van der Waals surface area contributed by atoms with E-state index in [1.165, 1.54) is 12.2 Å². The van der Waals surface area contributed by atoms with E-state index in [2.05, 4.69) is 0 Å². The number of allylic oxidation sites excluding steroid dienone is 3. The van der Waals surface area contributed by atoms with Gasteiger partial charge in [-0.3, -0.25) is 0 Å². The molecule has 104 valence electrons. The van der Waals surface area contributed by atoms with Crippen molar-refractivity contribution in [2.45, 2.75) is 32.7 Å². The van der Waals surface area contributed by atoms with Crippen molar-refractivity contribution in [2.75, 3.05) is 0 Å². The summed E-state index contributed by atoms with van der Waals surface area (Å²) in [4.78, 5) is 0. The molecule has 0 aromatic heterocycles. The standard InChI is InChI=1S/C15H19FO3/c1-2-13(16)4-3-5-15(19)14-7-6-11(9-17)8-12(14)10-18/h2-4,6-8,15,17-19H,5,9-10H2,1H3/b4-3-,13-2+. The first kappa shape index (κ1) is 15.6. The van der Waals surface area contributed by atoms with Crippen LogP contribution in [0.1, 0.15) is 36.1 Å². The largest absolute Gasteiger partial charge is 0.392 e. The Hall–Kier alpha value is -1.49. The van der Waals surface area contributed by atoms with Crippen molar-refractivity contribution in [2.24, 2.45) is 0 Å². The Labute approximate surface area is 112 Å². The second-order valence-corrected chi connectivity index (χ2v) is 4.18. The third kappa shape index (κ3) is 4.59. The van der Waals surface area contributed by atoms with E-state index in [0.717, 1.165) is 0 Å². The highest BCUT2D eigenvalue weighted by molar-refractivity contribution is 5.33. The molecular weight excluding hydrogens is 247 g/mol. The van der Waals surface area contributed by atoms with Crippen LogP contribution in [0.4, 0.5) is 4.39 Å². The Morgan fingerprint density at radius 1 is 1.32 bits per heavy atom. The van der Waals surface area contributed by atoms with Crippen molar-refractivity contribution in [3.63, 3.8) is 0 Å². The molecule has 0 fully saturated rings. The van der Waals surface area contributed by atoms with Gasteiger partial charge in [-0.15, -0.1) is 0 Å². The molecule has 0 saturated heterocycles. The lowest BCUT2D eigenvalue weighted by molar-refractivity contribution is 0.176. The minimum Gasteiger partial charge on any atom is -0.392 e. The van der Waals surface area contributed by atoms with Crippen LogP contribution < -0.4 is 0 Å². The first-order chi connectivity index (χ1) is 9.12. The minimum absolute atomic E-state index is 0.115. The van der Waals surface area contributed by atoms with Crippen LogP contribution in [0.5, 0.6) is 0 Å². The van der Waals surface area contributed by atoms with Crippen molar-refractivity contribution in [1.29, 1.82) is 0 Å². The molecule has 1 atom stereocenters. The smallest absolute Gasteiger partial charge is 0.118 e. The van der Waals surface area contributed by atoms with E-state index in [4.69, 9.17) is 5.11 Å². The zero-order chi connectivity index (χ0) is 14.3. The van der Waals surface area contributed by atoms with Crippen molar-refractivity contribution in [1.82, 2.24) is 0 Å². The zero-order valence-electron chi connectivity index (χ0n) is 10.9. The monoisotopic (exact) mass is 266 g/mol. The van der Waals surface area contributed by atoms with Crippen LogP contribution in [-0.2, 0) is 13.2 Å². The maximum Gasteiger partial charge on any atom is 0.118 e. The topological polar surface area (TPSA) is 60.7 Å². The van der Waals surface area contributed by atoms with Gasteiger partial charge in [0.15, 0.2) is 0 Å². The van der Waals surface area contributed by atoms with Gasteiger partial charge >= 0.3 is 0 Å². The summed E-state index contributed by atoms with van der Waals surface area (Å²) in [5, 5.41) is 28.3. The normalized spacial score (nSPS) is 14.1. The van der Waals surface area contributed by atoms with Crippen molar-refractivity contribution in [3.8, 4) is 0 Å². The second kappa shape index (κ2) is 7.84. The molecule has 0 bridgehead atoms. The Kier molecular flexibility index (Phi) is 6.42. The first-order valence-electron chi connectivity index (χ1n) is 6.12. The lowest BCUT2D eigenvalue weighted by Gasteiger charge is -2.14. The third-order valence-electron chi connectivity index (χ3n) is 2.83. The van der Waals surface area contributed by atoms with Crippen LogP contribution >= 0.6 is 0 Å². The summed E-state index contributed by atoms with van der Waals surface area (Å²) in [6.07, 6.45) is 3.62. The molecule has 4 heteroatoms. The SMILES string of the molecule is C/C=C(F)\C=C/CC(O)c1ccc(CO)cc1CO. The summed E-state index contributed by atoms with van der Waals surface area (Å²) in [6, 6.07) is 5.00. The number of hydrogen-bond acceptors (Lipinski definition) is 3. The molecule has 1 aromatic carbocycles. The van der Waals surface area contributed by atoms with Gasteiger partial charge < -0.3 is 15.3 Å². The van der Waals surface area contributed by atoms with Gasteiger partial charge in [0.25, 0.3) is 0 Å². The van der Waals surface area contributed by atoms with Gasteiger partial charge in [0, 0.05) is 0 Å². The molecule has 1 rings (SSSR count). The van der Waals surface area contributed by atoms with Crippen molar-refractivity contribution in [3.05, 3.63) is 58.9 Å². The van der Waals surface area contributed by atoms with Crippen LogP contribution in [0.25, 0.3) is 0 Å². The van der Waals surface area contributed by atoms with Crippen LogP contribution in [0.15, 0.2) is 42.3 Å². The average Bonchev–Trinajstić information content (AvgIpc) is 2.45. The molecule has 0 spiro atoms. The van der Waals surface area contributed by atoms with Crippen molar-refractivity contribution >= 4 is 0 Å². The second-order valence-electron chi connectivity index (χ2n) is 4.18. The van der Waals surface area contributed by atoms with Gasteiger partial charge in [-0.25, -0.2) is 4.39 Å². The minimum atomic E-state index is -0.809. The Morgan fingerprint density at radius 3 is 2.63 bits per heavy atom. The molecule has 0 heterocycles. The third-order valence-corrected chi connectivity index (χ3v) is 2.83. The van der Waals surface area contributed by atoms with E-state index >= 15 is 0 Å². The van der Waals surface area contributed by atoms with E-state index in [0.29, 0.717) is 16.7 Å². The van der Waals surface area contributed by atoms with Gasteiger partial charge in [-0.2, -0.15) is 0 Å². The molecule has 0 aliphatic rings. The van der Waals surface area contributed by atoms with Gasteiger partial charge in [-0.05, 0) is 36.1 Å². The predicted octanol–water partition coefficient (Wildman–Crippen LogP) is 2.52. The van der Waals surface area contributed by atoms with E-state index in [1.807, 2.05) is 0 Å². The van der Waals surface area contributed by atoms with Crippen molar-refractivity contribution < 1.29 is 19.7 Å². The zero-order valence-corrected chi connectivity index (χ0v) is 10.9. The number of hydrogen-bond donors (Lipinski definition) is 3. The fourth-order valence-corrected chi connectivity index (χ4v) is 1.75. The molecule has 3 N–H and O–H groups in total. The summed E-state index contributed by atoms with van der Waals surface area (Å²) in [5.41, 5.74) is 1.83. The number of rotatable bonds is 6. The van der Waals surface area contributed by atoms with Gasteiger partial charge in [0.05, 0.1) is 19.3 Å². The van der Waals surface area contributed by atoms with E-state index in [9.17, 15) is 14.6 Å². The van der Waals surface area contributed by atoms with Crippen LogP contribution in [0.2, 0.25) is 0 Å². The molecule has 1 aromatic rings. The molecule has 0 radical (unpaired) electrons. The van der Waals surface area contributed by atoms with Gasteiger partial charge in [0.2, 0.25) is 0 Å². The molecule has 0 saturated carbocycles. The summed E-state index contributed by atoms with van der Waals surface area (Å²) in [5.74, 6) is -0.356. The van der Waals surface area contributed by atoms with E-state index in [-0.39, 0.29) is 25.5 Å². The number of aliphatic hydroxyl groups excluding tert-OH is 3. The molecule has 1 unspecified atom stereocenters. The van der Waals surface area contributed by atoms with Gasteiger partial charge in [0.1, 0.15) is 5.83 Å². The lowest BCUT2D eigenvalue weighted by Crippen LogP contribution is -2.02. The summed E-state index contributed by atoms with van der Waals surface area (Å²) < 4.78 is 12.9. The summed E-state index contributed by atoms with van der Waals surface area (Å²) >= 11 is 0. The summed E-state index contributed by atoms with van der Waals surface area (Å²) in [7, 11) is 0. The van der Waals surface area contributed by atoms with E-state index in [1.54, 1.807) is 31.2 Å². The highest BCUT2D eigenvalue weighted by atomic mass is 19.1. The van der Waals surface area contributed by atoms with Crippen LogP contribution in [-0.4, -0.2) is 15.3 Å². The van der Waals surface area contributed by atoms with Crippen LogP contribution in [0, 0.1) is 0 Å². The Bertz CT molecular complexity index is 466. The van der Waals surface area contributed by atoms with E-state index < -0.39 is 6.10 Å².